The molecule has 2 heterocycles. The fourth-order valence-corrected chi connectivity index (χ4v) is 4.93. The molecule has 0 fully saturated rings. The molecule has 0 atom stereocenters. The van der Waals surface area contributed by atoms with E-state index >= 15 is 0 Å². The second-order valence-corrected chi connectivity index (χ2v) is 8.74. The smallest absolute Gasteiger partial charge is 0.195 e. The molecule has 0 amide bonds. The van der Waals surface area contributed by atoms with Crippen LogP contribution in [0, 0.1) is 0 Å². The first-order valence-electron chi connectivity index (χ1n) is 8.65. The molecular formula is C22H14BrClN2OS. The molecule has 0 aliphatic heterocycles. The predicted octanol–water partition coefficient (Wildman–Crippen LogP) is 7.31. The second kappa shape index (κ2) is 6.92. The predicted molar refractivity (Wildman–Crippen MR) is 121 cm³/mol. The second-order valence-electron chi connectivity index (χ2n) is 6.38. The van der Waals surface area contributed by atoms with Gasteiger partial charge in [0.25, 0.3) is 0 Å². The van der Waals surface area contributed by atoms with Gasteiger partial charge >= 0.3 is 0 Å². The van der Waals surface area contributed by atoms with Gasteiger partial charge in [-0.05, 0) is 54.6 Å². The zero-order valence-electron chi connectivity index (χ0n) is 14.8. The summed E-state index contributed by atoms with van der Waals surface area (Å²) in [7, 11) is 1.68. The largest absolute Gasteiger partial charge is 0.497 e. The van der Waals surface area contributed by atoms with Crippen LogP contribution in [-0.2, 0) is 0 Å². The zero-order chi connectivity index (χ0) is 19.3. The van der Waals surface area contributed by atoms with Crippen molar-refractivity contribution in [2.45, 2.75) is 0 Å². The van der Waals surface area contributed by atoms with Gasteiger partial charge in [0.05, 0.1) is 28.7 Å². The number of hydrogen-bond donors (Lipinski definition) is 0. The van der Waals surface area contributed by atoms with E-state index in [1.807, 2.05) is 36.4 Å². The third-order valence-electron chi connectivity index (χ3n) is 4.69. The number of fused-ring (bicyclic) bond motifs is 3. The lowest BCUT2D eigenvalue weighted by atomic mass is 10.0. The van der Waals surface area contributed by atoms with Crippen LogP contribution in [0.4, 0.5) is 0 Å². The van der Waals surface area contributed by atoms with Crippen molar-refractivity contribution in [1.82, 2.24) is 9.38 Å². The van der Waals surface area contributed by atoms with E-state index in [0.29, 0.717) is 0 Å². The fourth-order valence-electron chi connectivity index (χ4n) is 3.37. The van der Waals surface area contributed by atoms with Crippen molar-refractivity contribution in [3.8, 4) is 28.3 Å². The maximum Gasteiger partial charge on any atom is 0.195 e. The molecule has 28 heavy (non-hydrogen) atoms. The number of halogens is 2. The van der Waals surface area contributed by atoms with Crippen LogP contribution >= 0.6 is 38.9 Å². The van der Waals surface area contributed by atoms with Crippen LogP contribution in [0.1, 0.15) is 0 Å². The van der Waals surface area contributed by atoms with Crippen molar-refractivity contribution >= 4 is 54.0 Å². The Bertz CT molecular complexity index is 1310. The molecule has 0 saturated carbocycles. The Morgan fingerprint density at radius 1 is 0.964 bits per heavy atom. The molecule has 0 N–H and O–H groups in total. The lowest BCUT2D eigenvalue weighted by molar-refractivity contribution is 0.415. The number of thiazole rings is 1. The molecule has 0 aliphatic rings. The monoisotopic (exact) mass is 468 g/mol. The van der Waals surface area contributed by atoms with Gasteiger partial charge in [0.15, 0.2) is 4.96 Å². The fraction of sp³-hybridized carbons (Fsp3) is 0.0455. The molecule has 5 rings (SSSR count). The van der Waals surface area contributed by atoms with Crippen molar-refractivity contribution in [3.05, 3.63) is 76.2 Å². The number of ether oxygens (including phenoxy) is 1. The summed E-state index contributed by atoms with van der Waals surface area (Å²) in [6, 6.07) is 22.3. The van der Waals surface area contributed by atoms with E-state index in [-0.39, 0.29) is 0 Å². The maximum atomic E-state index is 6.20. The lowest BCUT2D eigenvalue weighted by Gasteiger charge is -2.08. The molecule has 0 spiro atoms. The molecule has 0 bridgehead atoms. The number of hydrogen-bond acceptors (Lipinski definition) is 3. The van der Waals surface area contributed by atoms with Crippen molar-refractivity contribution in [1.29, 1.82) is 0 Å². The third-order valence-corrected chi connectivity index (χ3v) is 6.46. The minimum Gasteiger partial charge on any atom is -0.497 e. The van der Waals surface area contributed by atoms with Crippen molar-refractivity contribution in [2.75, 3.05) is 7.11 Å². The Morgan fingerprint density at radius 2 is 1.68 bits per heavy atom. The van der Waals surface area contributed by atoms with Crippen LogP contribution in [0.2, 0.25) is 5.02 Å². The highest BCUT2D eigenvalue weighted by atomic mass is 79.9. The summed E-state index contributed by atoms with van der Waals surface area (Å²) in [4.78, 5) is 5.94. The first kappa shape index (κ1) is 17.7. The molecule has 0 radical (unpaired) electrons. The standard InChI is InChI=1S/C22H14BrClN2OS/c1-27-17-9-4-14(5-10-17)21-20(13-2-6-15(23)7-3-13)25-22-26(21)18-11-8-16(24)12-19(18)28-22/h2-12H,1H3. The summed E-state index contributed by atoms with van der Waals surface area (Å²) in [5, 5.41) is 0.733. The van der Waals surface area contributed by atoms with Crippen LogP contribution in [0.3, 0.4) is 0 Å². The van der Waals surface area contributed by atoms with Crippen LogP contribution in [0.5, 0.6) is 5.75 Å². The van der Waals surface area contributed by atoms with E-state index in [4.69, 9.17) is 21.3 Å². The van der Waals surface area contributed by atoms with E-state index < -0.39 is 0 Å². The Balaban J connectivity index is 1.84. The number of benzene rings is 3. The van der Waals surface area contributed by atoms with Gasteiger partial charge in [-0.25, -0.2) is 4.98 Å². The SMILES string of the molecule is COc1ccc(-c2c(-c3ccc(Br)cc3)nc3sc4cc(Cl)ccc4n23)cc1. The van der Waals surface area contributed by atoms with Crippen molar-refractivity contribution in [3.63, 3.8) is 0 Å². The Labute approximate surface area is 179 Å². The highest BCUT2D eigenvalue weighted by Gasteiger charge is 2.20. The van der Waals surface area contributed by atoms with Gasteiger partial charge in [-0.3, -0.25) is 4.40 Å². The van der Waals surface area contributed by atoms with Gasteiger partial charge in [-0.1, -0.05) is 51.0 Å². The minimum atomic E-state index is 0.733. The summed E-state index contributed by atoms with van der Waals surface area (Å²) < 4.78 is 9.71. The Morgan fingerprint density at radius 3 is 2.39 bits per heavy atom. The zero-order valence-corrected chi connectivity index (χ0v) is 18.0. The van der Waals surface area contributed by atoms with Gasteiger partial charge in [0, 0.05) is 20.6 Å². The minimum absolute atomic E-state index is 0.733. The van der Waals surface area contributed by atoms with Crippen LogP contribution in [0.15, 0.2) is 71.2 Å². The molecule has 3 nitrogen and oxygen atoms in total. The highest BCUT2D eigenvalue weighted by Crippen LogP contribution is 2.39. The molecule has 5 aromatic rings. The average molecular weight is 470 g/mol. The quantitative estimate of drug-likeness (QED) is 0.277. The molecule has 0 unspecified atom stereocenters. The topological polar surface area (TPSA) is 26.5 Å². The molecule has 138 valence electrons. The molecule has 0 saturated heterocycles. The maximum absolute atomic E-state index is 6.20. The molecule has 0 aliphatic carbocycles. The number of imidazole rings is 1. The first-order chi connectivity index (χ1) is 13.6. The van der Waals surface area contributed by atoms with E-state index in [9.17, 15) is 0 Å². The molecule has 3 aromatic carbocycles. The van der Waals surface area contributed by atoms with Crippen molar-refractivity contribution < 1.29 is 4.74 Å². The normalized spacial score (nSPS) is 11.4. The molecule has 2 aromatic heterocycles. The van der Waals surface area contributed by atoms with E-state index in [1.54, 1.807) is 18.4 Å². The van der Waals surface area contributed by atoms with Crippen LogP contribution < -0.4 is 4.74 Å². The van der Waals surface area contributed by atoms with Crippen molar-refractivity contribution in [2.24, 2.45) is 0 Å². The summed E-state index contributed by atoms with van der Waals surface area (Å²) >= 11 is 11.4. The summed E-state index contributed by atoms with van der Waals surface area (Å²) in [6.45, 7) is 0. The third kappa shape index (κ3) is 2.91. The number of rotatable bonds is 3. The van der Waals surface area contributed by atoms with Crippen LogP contribution in [-0.4, -0.2) is 16.5 Å². The van der Waals surface area contributed by atoms with Crippen LogP contribution in [0.25, 0.3) is 37.7 Å². The number of nitrogens with zero attached hydrogens (tertiary/aromatic N) is 2. The van der Waals surface area contributed by atoms with Gasteiger partial charge in [0.2, 0.25) is 0 Å². The first-order valence-corrected chi connectivity index (χ1v) is 10.6. The van der Waals surface area contributed by atoms with E-state index in [0.717, 1.165) is 52.9 Å². The van der Waals surface area contributed by atoms with Gasteiger partial charge in [-0.15, -0.1) is 0 Å². The molecule has 6 heteroatoms. The van der Waals surface area contributed by atoms with E-state index in [2.05, 4.69) is 50.7 Å². The lowest BCUT2D eigenvalue weighted by Crippen LogP contribution is -1.90. The summed E-state index contributed by atoms with van der Waals surface area (Å²) in [5.74, 6) is 0.830. The van der Waals surface area contributed by atoms with Gasteiger partial charge < -0.3 is 4.74 Å². The summed E-state index contributed by atoms with van der Waals surface area (Å²) in [5.41, 5.74) is 5.29. The average Bonchev–Trinajstić information content (AvgIpc) is 3.24. The van der Waals surface area contributed by atoms with Gasteiger partial charge in [-0.2, -0.15) is 0 Å². The number of methoxy groups -OCH3 is 1. The number of aromatic nitrogens is 2. The molecular weight excluding hydrogens is 456 g/mol. The summed E-state index contributed by atoms with van der Waals surface area (Å²) in [6.07, 6.45) is 0. The van der Waals surface area contributed by atoms with E-state index in [1.165, 1.54) is 0 Å². The Kier molecular flexibility index (Phi) is 4.38. The highest BCUT2D eigenvalue weighted by molar-refractivity contribution is 9.10. The van der Waals surface area contributed by atoms with Gasteiger partial charge in [0.1, 0.15) is 5.75 Å². The Hall–Kier alpha value is -2.34.